The van der Waals surface area contributed by atoms with Crippen LogP contribution in [-0.4, -0.2) is 36.0 Å². The zero-order chi connectivity index (χ0) is 11.8. The average molecular weight is 221 g/mol. The topological polar surface area (TPSA) is 56.1 Å². The maximum atomic E-state index is 11.8. The summed E-state index contributed by atoms with van der Waals surface area (Å²) in [7, 11) is 0. The summed E-state index contributed by atoms with van der Waals surface area (Å²) in [5.41, 5.74) is -0.910. The van der Waals surface area contributed by atoms with Crippen LogP contribution in [0.15, 0.2) is 0 Å². The standard InChI is InChI=1S/C12H19N3O/c1-12(2,8-13)11(16)14-9-5-6-15(7-9)10-3-4-10/h9-10H,3-7H2,1-2H3,(H,14,16). The second-order valence-corrected chi connectivity index (χ2v) is 5.42. The lowest BCUT2D eigenvalue weighted by Crippen LogP contribution is -2.43. The minimum Gasteiger partial charge on any atom is -0.351 e. The van der Waals surface area contributed by atoms with E-state index in [-0.39, 0.29) is 11.9 Å². The molecule has 0 bridgehead atoms. The highest BCUT2D eigenvalue weighted by Crippen LogP contribution is 2.30. The summed E-state index contributed by atoms with van der Waals surface area (Å²) in [4.78, 5) is 14.2. The average Bonchev–Trinajstić information content (AvgIpc) is 3.00. The van der Waals surface area contributed by atoms with Crippen LogP contribution >= 0.6 is 0 Å². The van der Waals surface area contributed by atoms with Crippen LogP contribution in [0.1, 0.15) is 33.1 Å². The number of nitriles is 1. The van der Waals surface area contributed by atoms with Crippen molar-refractivity contribution in [3.05, 3.63) is 0 Å². The van der Waals surface area contributed by atoms with Crippen LogP contribution in [0.4, 0.5) is 0 Å². The van der Waals surface area contributed by atoms with Gasteiger partial charge < -0.3 is 5.32 Å². The van der Waals surface area contributed by atoms with E-state index < -0.39 is 5.41 Å². The van der Waals surface area contributed by atoms with Gasteiger partial charge in [0.15, 0.2) is 0 Å². The van der Waals surface area contributed by atoms with Crippen molar-refractivity contribution in [1.29, 1.82) is 5.26 Å². The lowest BCUT2D eigenvalue weighted by Gasteiger charge is -2.20. The molecular formula is C12H19N3O. The molecule has 2 rings (SSSR count). The van der Waals surface area contributed by atoms with Crippen LogP contribution in [0.25, 0.3) is 0 Å². The first-order valence-electron chi connectivity index (χ1n) is 5.99. The predicted molar refractivity (Wildman–Crippen MR) is 60.5 cm³/mol. The number of likely N-dealkylation sites (tertiary alicyclic amines) is 1. The van der Waals surface area contributed by atoms with Crippen molar-refractivity contribution in [3.8, 4) is 6.07 Å². The Hall–Kier alpha value is -1.08. The first-order chi connectivity index (χ1) is 7.53. The lowest BCUT2D eigenvalue weighted by atomic mass is 9.94. The van der Waals surface area contributed by atoms with Crippen molar-refractivity contribution in [2.45, 2.75) is 45.2 Å². The third-order valence-corrected chi connectivity index (χ3v) is 3.47. The van der Waals surface area contributed by atoms with E-state index in [0.717, 1.165) is 25.6 Å². The maximum absolute atomic E-state index is 11.8. The van der Waals surface area contributed by atoms with Crippen molar-refractivity contribution in [2.24, 2.45) is 5.41 Å². The van der Waals surface area contributed by atoms with Gasteiger partial charge >= 0.3 is 0 Å². The molecular weight excluding hydrogens is 202 g/mol. The van der Waals surface area contributed by atoms with Crippen molar-refractivity contribution < 1.29 is 4.79 Å². The highest BCUT2D eigenvalue weighted by molar-refractivity contribution is 5.84. The maximum Gasteiger partial charge on any atom is 0.240 e. The third kappa shape index (κ3) is 2.35. The summed E-state index contributed by atoms with van der Waals surface area (Å²) in [6.45, 7) is 5.37. The number of nitrogens with zero attached hydrogens (tertiary/aromatic N) is 2. The van der Waals surface area contributed by atoms with Gasteiger partial charge in [0.05, 0.1) is 6.07 Å². The van der Waals surface area contributed by atoms with Crippen LogP contribution in [0.3, 0.4) is 0 Å². The van der Waals surface area contributed by atoms with Gasteiger partial charge in [-0.05, 0) is 33.1 Å². The molecule has 0 radical (unpaired) electrons. The molecule has 0 aromatic carbocycles. The van der Waals surface area contributed by atoms with E-state index in [2.05, 4.69) is 10.2 Å². The molecule has 2 aliphatic rings. The van der Waals surface area contributed by atoms with Gasteiger partial charge in [-0.2, -0.15) is 5.26 Å². The summed E-state index contributed by atoms with van der Waals surface area (Å²) in [6, 6.07) is 3.04. The molecule has 16 heavy (non-hydrogen) atoms. The highest BCUT2D eigenvalue weighted by atomic mass is 16.2. The molecule has 1 unspecified atom stereocenters. The van der Waals surface area contributed by atoms with Crippen LogP contribution < -0.4 is 5.32 Å². The zero-order valence-corrected chi connectivity index (χ0v) is 9.99. The summed E-state index contributed by atoms with van der Waals surface area (Å²) in [6.07, 6.45) is 3.64. The Morgan fingerprint density at radius 1 is 1.44 bits per heavy atom. The fourth-order valence-electron chi connectivity index (χ4n) is 2.09. The molecule has 1 aliphatic heterocycles. The summed E-state index contributed by atoms with van der Waals surface area (Å²) in [5.74, 6) is -0.141. The molecule has 1 atom stereocenters. The van der Waals surface area contributed by atoms with E-state index >= 15 is 0 Å². The van der Waals surface area contributed by atoms with Gasteiger partial charge in [-0.1, -0.05) is 0 Å². The monoisotopic (exact) mass is 221 g/mol. The Kier molecular flexibility index (Phi) is 2.90. The number of carbonyl (C=O) groups excluding carboxylic acids is 1. The van der Waals surface area contributed by atoms with Crippen molar-refractivity contribution in [1.82, 2.24) is 10.2 Å². The fourth-order valence-corrected chi connectivity index (χ4v) is 2.09. The van der Waals surface area contributed by atoms with Gasteiger partial charge in [0.25, 0.3) is 0 Å². The number of carbonyl (C=O) groups is 1. The van der Waals surface area contributed by atoms with Gasteiger partial charge in [0.1, 0.15) is 5.41 Å². The van der Waals surface area contributed by atoms with Gasteiger partial charge in [0.2, 0.25) is 5.91 Å². The first kappa shape index (κ1) is 11.4. The van der Waals surface area contributed by atoms with E-state index in [1.54, 1.807) is 13.8 Å². The van der Waals surface area contributed by atoms with Crippen LogP contribution in [0.2, 0.25) is 0 Å². The Labute approximate surface area is 96.6 Å². The molecule has 1 N–H and O–H groups in total. The zero-order valence-electron chi connectivity index (χ0n) is 9.99. The normalized spacial score (nSPS) is 26.4. The molecule has 1 saturated carbocycles. The molecule has 4 heteroatoms. The quantitative estimate of drug-likeness (QED) is 0.770. The van der Waals surface area contributed by atoms with Crippen molar-refractivity contribution in [3.63, 3.8) is 0 Å². The van der Waals surface area contributed by atoms with E-state index in [4.69, 9.17) is 5.26 Å². The minimum absolute atomic E-state index is 0.141. The van der Waals surface area contributed by atoms with Gasteiger partial charge in [-0.25, -0.2) is 0 Å². The molecule has 4 nitrogen and oxygen atoms in total. The molecule has 1 saturated heterocycles. The minimum atomic E-state index is -0.910. The molecule has 0 aromatic heterocycles. The first-order valence-corrected chi connectivity index (χ1v) is 5.99. The number of amides is 1. The molecule has 1 heterocycles. The van der Waals surface area contributed by atoms with E-state index in [1.807, 2.05) is 6.07 Å². The SMILES string of the molecule is CC(C)(C#N)C(=O)NC1CCN(C2CC2)C1. The van der Waals surface area contributed by atoms with Crippen LogP contribution in [0.5, 0.6) is 0 Å². The largest absolute Gasteiger partial charge is 0.351 e. The number of rotatable bonds is 3. The Balaban J connectivity index is 1.82. The second kappa shape index (κ2) is 4.06. The summed E-state index contributed by atoms with van der Waals surface area (Å²) < 4.78 is 0. The predicted octanol–water partition coefficient (Wildman–Crippen LogP) is 0.889. The molecule has 1 aliphatic carbocycles. The van der Waals surface area contributed by atoms with Gasteiger partial charge in [-0.3, -0.25) is 9.69 Å². The molecule has 1 amide bonds. The third-order valence-electron chi connectivity index (χ3n) is 3.47. The number of hydrogen-bond donors (Lipinski definition) is 1. The summed E-state index contributed by atoms with van der Waals surface area (Å²) >= 11 is 0. The van der Waals surface area contributed by atoms with Gasteiger partial charge in [0, 0.05) is 25.2 Å². The lowest BCUT2D eigenvalue weighted by molar-refractivity contribution is -0.127. The highest BCUT2D eigenvalue weighted by Gasteiger charge is 2.36. The molecule has 0 aromatic rings. The molecule has 2 fully saturated rings. The van der Waals surface area contributed by atoms with Crippen molar-refractivity contribution >= 4 is 5.91 Å². The van der Waals surface area contributed by atoms with Gasteiger partial charge in [-0.15, -0.1) is 0 Å². The second-order valence-electron chi connectivity index (χ2n) is 5.42. The van der Waals surface area contributed by atoms with Crippen LogP contribution in [-0.2, 0) is 4.79 Å². The Morgan fingerprint density at radius 2 is 2.12 bits per heavy atom. The Morgan fingerprint density at radius 3 is 2.69 bits per heavy atom. The summed E-state index contributed by atoms with van der Waals surface area (Å²) in [5, 5.41) is 11.8. The Bertz CT molecular complexity index is 328. The number of hydrogen-bond acceptors (Lipinski definition) is 3. The van der Waals surface area contributed by atoms with Crippen molar-refractivity contribution in [2.75, 3.05) is 13.1 Å². The van der Waals surface area contributed by atoms with E-state index in [9.17, 15) is 4.79 Å². The fraction of sp³-hybridized carbons (Fsp3) is 0.833. The van der Waals surface area contributed by atoms with E-state index in [0.29, 0.717) is 0 Å². The number of nitrogens with one attached hydrogen (secondary N) is 1. The van der Waals surface area contributed by atoms with E-state index in [1.165, 1.54) is 12.8 Å². The smallest absolute Gasteiger partial charge is 0.240 e. The molecule has 88 valence electrons. The molecule has 0 spiro atoms. The van der Waals surface area contributed by atoms with Crippen LogP contribution in [0, 0.1) is 16.7 Å².